The van der Waals surface area contributed by atoms with Gasteiger partial charge in [0.1, 0.15) is 5.69 Å². The first-order valence-corrected chi connectivity index (χ1v) is 9.28. The predicted octanol–water partition coefficient (Wildman–Crippen LogP) is 1.66. The zero-order valence-electron chi connectivity index (χ0n) is 15.2. The molecule has 1 fully saturated rings. The Hall–Kier alpha value is -2.68. The van der Waals surface area contributed by atoms with Gasteiger partial charge in [-0.15, -0.1) is 10.2 Å². The van der Waals surface area contributed by atoms with Crippen LogP contribution in [-0.2, 0) is 22.5 Å². The third-order valence-electron chi connectivity index (χ3n) is 4.55. The minimum absolute atomic E-state index is 0.0218. The van der Waals surface area contributed by atoms with Crippen LogP contribution < -0.4 is 5.32 Å². The fraction of sp³-hybridized carbons (Fsp3) is 0.556. The Morgan fingerprint density at radius 1 is 1.22 bits per heavy atom. The summed E-state index contributed by atoms with van der Waals surface area (Å²) in [5.74, 6) is 0.852. The summed E-state index contributed by atoms with van der Waals surface area (Å²) in [5, 5.41) is 18.7. The van der Waals surface area contributed by atoms with Crippen molar-refractivity contribution in [2.45, 2.75) is 45.1 Å². The van der Waals surface area contributed by atoms with Crippen LogP contribution in [0.25, 0.3) is 0 Å². The van der Waals surface area contributed by atoms with E-state index in [-0.39, 0.29) is 5.91 Å². The van der Waals surface area contributed by atoms with Gasteiger partial charge in [-0.3, -0.25) is 14.3 Å². The quantitative estimate of drug-likeness (QED) is 0.526. The molecule has 144 valence electrons. The second-order valence-corrected chi connectivity index (χ2v) is 6.70. The molecule has 2 aromatic rings. The van der Waals surface area contributed by atoms with Crippen LogP contribution in [0.15, 0.2) is 18.3 Å². The molecule has 1 aliphatic rings. The van der Waals surface area contributed by atoms with Gasteiger partial charge in [-0.2, -0.15) is 5.10 Å². The van der Waals surface area contributed by atoms with Crippen molar-refractivity contribution in [1.29, 1.82) is 0 Å². The minimum atomic E-state index is -0.0218. The van der Waals surface area contributed by atoms with Crippen molar-refractivity contribution in [3.63, 3.8) is 0 Å². The lowest BCUT2D eigenvalue weighted by Gasteiger charge is -2.21. The highest BCUT2D eigenvalue weighted by molar-refractivity contribution is 5.89. The molecule has 0 saturated carbocycles. The maximum absolute atomic E-state index is 12.1. The molecule has 2 aromatic heterocycles. The van der Waals surface area contributed by atoms with Gasteiger partial charge < -0.3 is 10.1 Å². The molecule has 9 nitrogen and oxygen atoms in total. The number of ether oxygens (including phenoxy) is 1. The number of amides is 1. The molecular formula is C18H24N6O3. The van der Waals surface area contributed by atoms with Gasteiger partial charge in [-0.1, -0.05) is 5.21 Å². The molecular weight excluding hydrogens is 348 g/mol. The van der Waals surface area contributed by atoms with Gasteiger partial charge in [-0.05, 0) is 50.2 Å². The summed E-state index contributed by atoms with van der Waals surface area (Å²) in [4.78, 5) is 22.6. The van der Waals surface area contributed by atoms with Crippen molar-refractivity contribution in [3.8, 4) is 0 Å². The fourth-order valence-corrected chi connectivity index (χ4v) is 3.02. The molecule has 0 atom stereocenters. The number of nitrogens with zero attached hydrogens (tertiary/aromatic N) is 5. The molecule has 0 aliphatic carbocycles. The Kier molecular flexibility index (Phi) is 6.97. The summed E-state index contributed by atoms with van der Waals surface area (Å²) >= 11 is 0. The molecule has 27 heavy (non-hydrogen) atoms. The Morgan fingerprint density at radius 2 is 2.07 bits per heavy atom. The maximum atomic E-state index is 12.1. The van der Waals surface area contributed by atoms with Gasteiger partial charge in [0.2, 0.25) is 5.91 Å². The highest BCUT2D eigenvalue weighted by Crippen LogP contribution is 2.19. The van der Waals surface area contributed by atoms with Crippen LogP contribution in [0.3, 0.4) is 0 Å². The van der Waals surface area contributed by atoms with E-state index >= 15 is 0 Å². The largest absolute Gasteiger partial charge is 0.381 e. The Bertz CT molecular complexity index is 740. The highest BCUT2D eigenvalue weighted by Gasteiger charge is 2.17. The van der Waals surface area contributed by atoms with Gasteiger partial charge in [0.05, 0.1) is 11.9 Å². The van der Waals surface area contributed by atoms with E-state index in [1.807, 2.05) is 6.07 Å². The van der Waals surface area contributed by atoms with E-state index in [9.17, 15) is 9.59 Å². The van der Waals surface area contributed by atoms with Gasteiger partial charge in [0.25, 0.3) is 0 Å². The van der Waals surface area contributed by atoms with Gasteiger partial charge in [0, 0.05) is 26.2 Å². The average molecular weight is 372 g/mol. The van der Waals surface area contributed by atoms with Crippen LogP contribution in [0.4, 0.5) is 5.82 Å². The number of hydrogen-bond donors (Lipinski definition) is 1. The molecule has 3 rings (SSSR count). The van der Waals surface area contributed by atoms with E-state index in [0.717, 1.165) is 51.0 Å². The number of unbranched alkanes of at least 4 members (excludes halogenated alkanes) is 1. The molecule has 1 N–H and O–H groups in total. The molecule has 0 aromatic carbocycles. The number of aromatic nitrogens is 5. The molecule has 0 spiro atoms. The number of hydrogen-bond acceptors (Lipinski definition) is 7. The third kappa shape index (κ3) is 6.21. The number of nitrogens with one attached hydrogen (secondary N) is 1. The van der Waals surface area contributed by atoms with Crippen molar-refractivity contribution in [2.24, 2.45) is 5.92 Å². The maximum Gasteiger partial charge on any atom is 0.225 e. The zero-order chi connectivity index (χ0) is 18.9. The first-order valence-electron chi connectivity index (χ1n) is 9.28. The average Bonchev–Trinajstić information content (AvgIpc) is 3.15. The molecule has 1 aliphatic heterocycles. The van der Waals surface area contributed by atoms with E-state index in [0.29, 0.717) is 36.7 Å². The molecule has 3 heterocycles. The zero-order valence-corrected chi connectivity index (χ0v) is 15.2. The van der Waals surface area contributed by atoms with Crippen molar-refractivity contribution < 1.29 is 14.3 Å². The van der Waals surface area contributed by atoms with Gasteiger partial charge in [0.15, 0.2) is 12.1 Å². The van der Waals surface area contributed by atoms with E-state index < -0.39 is 0 Å². The third-order valence-corrected chi connectivity index (χ3v) is 4.55. The number of rotatable bonds is 9. The Labute approximate surface area is 157 Å². The second-order valence-electron chi connectivity index (χ2n) is 6.70. The lowest BCUT2D eigenvalue weighted by atomic mass is 9.96. The number of carbonyl (C=O) groups excluding carboxylic acids is 2. The van der Waals surface area contributed by atoms with E-state index in [2.05, 4.69) is 25.8 Å². The van der Waals surface area contributed by atoms with E-state index in [1.165, 1.54) is 0 Å². The summed E-state index contributed by atoms with van der Waals surface area (Å²) in [5.41, 5.74) is 1.22. The smallest absolute Gasteiger partial charge is 0.225 e. The van der Waals surface area contributed by atoms with Crippen LogP contribution in [0, 0.1) is 5.92 Å². The van der Waals surface area contributed by atoms with Crippen molar-refractivity contribution in [3.05, 3.63) is 29.7 Å². The summed E-state index contributed by atoms with van der Waals surface area (Å²) < 4.78 is 6.97. The van der Waals surface area contributed by atoms with Crippen molar-refractivity contribution in [1.82, 2.24) is 25.2 Å². The second kappa shape index (κ2) is 9.86. The standard InChI is InChI=1S/C18H24N6O3/c25-13-16-12-24(23-21-16)8-2-1-3-15-4-5-17(22-20-15)19-18(26)11-14-6-9-27-10-7-14/h4-5,12-14H,1-3,6-11H2,(H,19,22,26). The topological polar surface area (TPSA) is 112 Å². The lowest BCUT2D eigenvalue weighted by Crippen LogP contribution is -2.22. The van der Waals surface area contributed by atoms with E-state index in [1.54, 1.807) is 16.9 Å². The van der Waals surface area contributed by atoms with Crippen LogP contribution in [0.2, 0.25) is 0 Å². The van der Waals surface area contributed by atoms with Crippen molar-refractivity contribution >= 4 is 18.0 Å². The molecule has 0 bridgehead atoms. The van der Waals surface area contributed by atoms with Crippen LogP contribution >= 0.6 is 0 Å². The summed E-state index contributed by atoms with van der Waals surface area (Å²) in [6.45, 7) is 2.18. The minimum Gasteiger partial charge on any atom is -0.381 e. The van der Waals surface area contributed by atoms with Crippen LogP contribution in [0.1, 0.15) is 48.3 Å². The first-order chi connectivity index (χ1) is 13.2. The lowest BCUT2D eigenvalue weighted by molar-refractivity contribution is -0.117. The highest BCUT2D eigenvalue weighted by atomic mass is 16.5. The number of aryl methyl sites for hydroxylation is 2. The summed E-state index contributed by atoms with van der Waals surface area (Å²) in [7, 11) is 0. The number of anilines is 1. The van der Waals surface area contributed by atoms with Gasteiger partial charge >= 0.3 is 0 Å². The van der Waals surface area contributed by atoms with Crippen LogP contribution in [-0.4, -0.2) is 50.6 Å². The number of carbonyl (C=O) groups is 2. The normalized spacial score (nSPS) is 14.8. The molecule has 0 unspecified atom stereocenters. The summed E-state index contributed by atoms with van der Waals surface area (Å²) in [6.07, 6.45) is 7.28. The summed E-state index contributed by atoms with van der Waals surface area (Å²) in [6, 6.07) is 3.68. The molecule has 1 amide bonds. The Balaban J connectivity index is 1.36. The van der Waals surface area contributed by atoms with Crippen molar-refractivity contribution in [2.75, 3.05) is 18.5 Å². The number of aldehydes is 1. The monoisotopic (exact) mass is 372 g/mol. The SMILES string of the molecule is O=Cc1cn(CCCCc2ccc(NC(=O)CC3CCOCC3)nn2)nn1. The molecule has 0 radical (unpaired) electrons. The predicted molar refractivity (Wildman–Crippen MR) is 97.2 cm³/mol. The van der Waals surface area contributed by atoms with Gasteiger partial charge in [-0.25, -0.2) is 0 Å². The van der Waals surface area contributed by atoms with Crippen LogP contribution in [0.5, 0.6) is 0 Å². The molecule has 9 heteroatoms. The molecule has 1 saturated heterocycles. The van der Waals surface area contributed by atoms with E-state index in [4.69, 9.17) is 4.74 Å². The Morgan fingerprint density at radius 3 is 2.78 bits per heavy atom. The fourth-order valence-electron chi connectivity index (χ4n) is 3.02. The first kappa shape index (κ1) is 19.1.